The van der Waals surface area contributed by atoms with Crippen molar-refractivity contribution in [2.24, 2.45) is 5.92 Å². The Hall–Kier alpha value is -3.42. The summed E-state index contributed by atoms with van der Waals surface area (Å²) in [5, 5.41) is 3.20. The van der Waals surface area contributed by atoms with Crippen molar-refractivity contribution in [2.45, 2.75) is 52.6 Å². The molecule has 1 aliphatic heterocycles. The van der Waals surface area contributed by atoms with Crippen LogP contribution in [0.15, 0.2) is 39.9 Å². The number of H-pyrrole nitrogens is 1. The number of pyridine rings is 1. The molecule has 1 aromatic carbocycles. The molecule has 4 rings (SSSR count). The minimum absolute atomic E-state index is 0.0108. The standard InChI is InChI=1S/C24H28N4O4/c1-13(2)12-28-21-20(23(30)27-24(28)31)16(11-18(25-21)14(3)4)22(29)26-17-9-10-32-19-8-6-5-7-15(17)19/h5-8,11,13-14,17H,9-10,12H2,1-4H3,(H,26,29)(H,27,30,31). The number of nitrogens with zero attached hydrogens (tertiary/aromatic N) is 2. The predicted octanol–water partition coefficient (Wildman–Crippen LogP) is 3.12. The molecule has 1 unspecified atom stereocenters. The molecule has 0 bridgehead atoms. The zero-order valence-electron chi connectivity index (χ0n) is 18.8. The van der Waals surface area contributed by atoms with Gasteiger partial charge in [0.15, 0.2) is 5.65 Å². The third kappa shape index (κ3) is 4.04. The van der Waals surface area contributed by atoms with Crippen LogP contribution in [0.4, 0.5) is 0 Å². The van der Waals surface area contributed by atoms with Crippen molar-refractivity contribution >= 4 is 16.9 Å². The maximum Gasteiger partial charge on any atom is 0.330 e. The number of fused-ring (bicyclic) bond motifs is 2. The lowest BCUT2D eigenvalue weighted by atomic mass is 9.99. The van der Waals surface area contributed by atoms with Crippen LogP contribution in [0.3, 0.4) is 0 Å². The number of hydrogen-bond donors (Lipinski definition) is 2. The fraction of sp³-hybridized carbons (Fsp3) is 0.417. The number of carbonyl (C=O) groups is 1. The Balaban J connectivity index is 1.86. The monoisotopic (exact) mass is 436 g/mol. The molecule has 168 valence electrons. The Bertz CT molecular complexity index is 1290. The molecule has 3 aromatic rings. The lowest BCUT2D eigenvalue weighted by molar-refractivity contribution is 0.0926. The molecule has 32 heavy (non-hydrogen) atoms. The van der Waals surface area contributed by atoms with Crippen LogP contribution in [0.25, 0.3) is 11.0 Å². The number of benzene rings is 1. The number of carbonyl (C=O) groups excluding carboxylic acids is 1. The molecule has 2 aromatic heterocycles. The van der Waals surface area contributed by atoms with Crippen LogP contribution >= 0.6 is 0 Å². The highest BCUT2D eigenvalue weighted by molar-refractivity contribution is 6.05. The van der Waals surface area contributed by atoms with E-state index in [2.05, 4.69) is 15.3 Å². The molecule has 1 aliphatic rings. The van der Waals surface area contributed by atoms with Gasteiger partial charge >= 0.3 is 5.69 Å². The summed E-state index contributed by atoms with van der Waals surface area (Å²) >= 11 is 0. The van der Waals surface area contributed by atoms with E-state index in [1.807, 2.05) is 52.0 Å². The van der Waals surface area contributed by atoms with Crippen LogP contribution in [-0.2, 0) is 6.54 Å². The van der Waals surface area contributed by atoms with Crippen LogP contribution in [0.1, 0.15) is 67.7 Å². The molecule has 0 saturated heterocycles. The smallest absolute Gasteiger partial charge is 0.330 e. The van der Waals surface area contributed by atoms with Gasteiger partial charge in [-0.15, -0.1) is 0 Å². The summed E-state index contributed by atoms with van der Waals surface area (Å²) in [5.41, 5.74) is 0.898. The van der Waals surface area contributed by atoms with Gasteiger partial charge < -0.3 is 10.1 Å². The van der Waals surface area contributed by atoms with E-state index in [0.29, 0.717) is 25.3 Å². The highest BCUT2D eigenvalue weighted by Gasteiger charge is 2.26. The number of aromatic amines is 1. The van der Waals surface area contributed by atoms with Crippen molar-refractivity contribution in [3.8, 4) is 5.75 Å². The topological polar surface area (TPSA) is 106 Å². The van der Waals surface area contributed by atoms with Crippen molar-refractivity contribution < 1.29 is 9.53 Å². The number of amides is 1. The summed E-state index contributed by atoms with van der Waals surface area (Å²) in [6, 6.07) is 9.02. The van der Waals surface area contributed by atoms with Gasteiger partial charge in [0.05, 0.1) is 23.6 Å². The Morgan fingerprint density at radius 2 is 2.00 bits per heavy atom. The first-order valence-electron chi connectivity index (χ1n) is 11.0. The molecule has 1 atom stereocenters. The third-order valence-corrected chi connectivity index (χ3v) is 5.62. The van der Waals surface area contributed by atoms with Crippen molar-refractivity contribution in [3.63, 3.8) is 0 Å². The minimum atomic E-state index is -0.606. The van der Waals surface area contributed by atoms with Gasteiger partial charge in [-0.3, -0.25) is 19.1 Å². The van der Waals surface area contributed by atoms with Crippen LogP contribution < -0.4 is 21.3 Å². The first kappa shape index (κ1) is 21.8. The lowest BCUT2D eigenvalue weighted by Crippen LogP contribution is -2.36. The van der Waals surface area contributed by atoms with Gasteiger partial charge in [0.25, 0.3) is 11.5 Å². The van der Waals surface area contributed by atoms with E-state index in [4.69, 9.17) is 4.74 Å². The number of nitrogens with one attached hydrogen (secondary N) is 2. The van der Waals surface area contributed by atoms with E-state index in [9.17, 15) is 14.4 Å². The van der Waals surface area contributed by atoms with Crippen molar-refractivity contribution in [1.29, 1.82) is 0 Å². The van der Waals surface area contributed by atoms with Crippen molar-refractivity contribution in [1.82, 2.24) is 19.9 Å². The van der Waals surface area contributed by atoms with Crippen LogP contribution in [0, 0.1) is 5.92 Å². The van der Waals surface area contributed by atoms with Crippen LogP contribution in [0.5, 0.6) is 5.75 Å². The molecule has 3 heterocycles. The lowest BCUT2D eigenvalue weighted by Gasteiger charge is -2.27. The maximum atomic E-state index is 13.5. The van der Waals surface area contributed by atoms with E-state index in [-0.39, 0.29) is 40.4 Å². The molecule has 0 saturated carbocycles. The summed E-state index contributed by atoms with van der Waals surface area (Å²) in [4.78, 5) is 45.8. The molecular formula is C24H28N4O4. The van der Waals surface area contributed by atoms with E-state index in [0.717, 1.165) is 11.3 Å². The Morgan fingerprint density at radius 3 is 2.72 bits per heavy atom. The van der Waals surface area contributed by atoms with Gasteiger partial charge in [-0.25, -0.2) is 9.78 Å². The highest BCUT2D eigenvalue weighted by atomic mass is 16.5. The molecule has 0 aliphatic carbocycles. The molecule has 1 amide bonds. The van der Waals surface area contributed by atoms with Crippen LogP contribution in [0.2, 0.25) is 0 Å². The second-order valence-electron chi connectivity index (χ2n) is 8.91. The number of aromatic nitrogens is 3. The van der Waals surface area contributed by atoms with E-state index < -0.39 is 11.2 Å². The normalized spacial score (nSPS) is 15.6. The Labute approximate surface area is 185 Å². The summed E-state index contributed by atoms with van der Waals surface area (Å²) in [6.07, 6.45) is 0.622. The summed E-state index contributed by atoms with van der Waals surface area (Å²) in [5.74, 6) is 0.537. The maximum absolute atomic E-state index is 13.5. The fourth-order valence-electron chi connectivity index (χ4n) is 4.03. The number of ether oxygens (including phenoxy) is 1. The van der Waals surface area contributed by atoms with Crippen molar-refractivity contribution in [3.05, 3.63) is 68.0 Å². The molecule has 8 nitrogen and oxygen atoms in total. The minimum Gasteiger partial charge on any atom is -0.493 e. The molecule has 0 spiro atoms. The first-order valence-corrected chi connectivity index (χ1v) is 11.0. The fourth-order valence-corrected chi connectivity index (χ4v) is 4.03. The van der Waals surface area contributed by atoms with Crippen molar-refractivity contribution in [2.75, 3.05) is 6.61 Å². The Morgan fingerprint density at radius 1 is 1.25 bits per heavy atom. The van der Waals surface area contributed by atoms with Crippen LogP contribution in [-0.4, -0.2) is 27.0 Å². The zero-order chi connectivity index (χ0) is 23.0. The quantitative estimate of drug-likeness (QED) is 0.639. The molecule has 2 N–H and O–H groups in total. The van der Waals surface area contributed by atoms with Gasteiger partial charge in [0.2, 0.25) is 0 Å². The second-order valence-corrected chi connectivity index (χ2v) is 8.91. The summed E-state index contributed by atoms with van der Waals surface area (Å²) < 4.78 is 7.14. The number of hydrogen-bond acceptors (Lipinski definition) is 5. The molecule has 8 heteroatoms. The zero-order valence-corrected chi connectivity index (χ0v) is 18.8. The third-order valence-electron chi connectivity index (χ3n) is 5.62. The molecular weight excluding hydrogens is 408 g/mol. The second kappa shape index (κ2) is 8.61. The molecule has 0 fully saturated rings. The van der Waals surface area contributed by atoms with Gasteiger partial charge in [0, 0.05) is 24.2 Å². The largest absolute Gasteiger partial charge is 0.493 e. The summed E-state index contributed by atoms with van der Waals surface area (Å²) in [7, 11) is 0. The number of rotatable bonds is 5. The first-order chi connectivity index (χ1) is 15.3. The average Bonchev–Trinajstić information content (AvgIpc) is 2.75. The predicted molar refractivity (Wildman–Crippen MR) is 122 cm³/mol. The summed E-state index contributed by atoms with van der Waals surface area (Å²) in [6.45, 7) is 8.75. The Kier molecular flexibility index (Phi) is 5.86. The average molecular weight is 437 g/mol. The van der Waals surface area contributed by atoms with E-state index >= 15 is 0 Å². The van der Waals surface area contributed by atoms with Gasteiger partial charge in [0.1, 0.15) is 5.75 Å². The van der Waals surface area contributed by atoms with E-state index in [1.165, 1.54) is 4.57 Å². The SMILES string of the molecule is CC(C)Cn1c(=O)[nH]c(=O)c2c(C(=O)NC3CCOc4ccccc43)cc(C(C)C)nc21. The number of para-hydroxylation sites is 1. The van der Waals surface area contributed by atoms with Gasteiger partial charge in [-0.1, -0.05) is 45.9 Å². The molecule has 0 radical (unpaired) electrons. The van der Waals surface area contributed by atoms with Gasteiger partial charge in [-0.05, 0) is 24.0 Å². The van der Waals surface area contributed by atoms with Gasteiger partial charge in [-0.2, -0.15) is 0 Å². The highest BCUT2D eigenvalue weighted by Crippen LogP contribution is 2.32. The van der Waals surface area contributed by atoms with E-state index in [1.54, 1.807) is 6.07 Å².